The molecule has 0 aliphatic rings. The molecule has 1 heterocycles. The van der Waals surface area contributed by atoms with Gasteiger partial charge in [-0.05, 0) is 46.9 Å². The fourth-order valence-corrected chi connectivity index (χ4v) is 1.61. The Kier molecular flexibility index (Phi) is 4.05. The normalized spacial score (nSPS) is 9.89. The molecule has 2 rings (SSSR count). The topological polar surface area (TPSA) is 92.9 Å². The van der Waals surface area contributed by atoms with Crippen LogP contribution in [0.15, 0.2) is 36.7 Å². The summed E-state index contributed by atoms with van der Waals surface area (Å²) in [6.45, 7) is 0. The quantitative estimate of drug-likeness (QED) is 0.442. The minimum Gasteiger partial charge on any atom is -0.321 e. The van der Waals surface area contributed by atoms with E-state index in [1.165, 1.54) is 12.4 Å². The molecule has 7 heteroatoms. The number of anilines is 2. The Morgan fingerprint density at radius 3 is 2.44 bits per heavy atom. The number of aromatic nitrogens is 2. The first-order valence-electron chi connectivity index (χ1n) is 5.04. The zero-order valence-corrected chi connectivity index (χ0v) is 11.4. The SMILES string of the molecule is NNc1cnc(C(=O)Nc2ccc(I)cc2)cn1. The highest BCUT2D eigenvalue weighted by Crippen LogP contribution is 2.12. The van der Waals surface area contributed by atoms with E-state index >= 15 is 0 Å². The molecule has 0 saturated carbocycles. The summed E-state index contributed by atoms with van der Waals surface area (Å²) < 4.78 is 1.10. The third-order valence-corrected chi connectivity index (χ3v) is 2.85. The Morgan fingerprint density at radius 1 is 1.17 bits per heavy atom. The van der Waals surface area contributed by atoms with E-state index in [1.54, 1.807) is 0 Å². The van der Waals surface area contributed by atoms with Gasteiger partial charge in [0, 0.05) is 9.26 Å². The molecule has 0 radical (unpaired) electrons. The molecule has 0 spiro atoms. The third kappa shape index (κ3) is 3.14. The van der Waals surface area contributed by atoms with Crippen molar-refractivity contribution in [3.05, 3.63) is 45.9 Å². The van der Waals surface area contributed by atoms with Gasteiger partial charge in [0.05, 0.1) is 12.4 Å². The molecule has 92 valence electrons. The molecule has 6 nitrogen and oxygen atoms in total. The van der Waals surface area contributed by atoms with Crippen LogP contribution in [-0.2, 0) is 0 Å². The smallest absolute Gasteiger partial charge is 0.275 e. The molecule has 0 saturated heterocycles. The predicted octanol–water partition coefficient (Wildman–Crippen LogP) is 1.62. The van der Waals surface area contributed by atoms with E-state index < -0.39 is 0 Å². The highest BCUT2D eigenvalue weighted by Gasteiger charge is 2.08. The third-order valence-electron chi connectivity index (χ3n) is 2.13. The first kappa shape index (κ1) is 12.7. The molecular weight excluding hydrogens is 345 g/mol. The second-order valence-electron chi connectivity index (χ2n) is 3.39. The van der Waals surface area contributed by atoms with E-state index in [0.29, 0.717) is 11.5 Å². The average Bonchev–Trinajstić information content (AvgIpc) is 2.41. The number of carbonyl (C=O) groups excluding carboxylic acids is 1. The average molecular weight is 355 g/mol. The van der Waals surface area contributed by atoms with Gasteiger partial charge in [-0.15, -0.1) is 0 Å². The first-order chi connectivity index (χ1) is 8.69. The van der Waals surface area contributed by atoms with E-state index in [9.17, 15) is 4.79 Å². The number of halogens is 1. The van der Waals surface area contributed by atoms with E-state index in [-0.39, 0.29) is 11.6 Å². The minimum absolute atomic E-state index is 0.229. The lowest BCUT2D eigenvalue weighted by molar-refractivity contribution is 0.102. The maximum absolute atomic E-state index is 11.8. The Bertz CT molecular complexity index is 540. The molecule has 0 fully saturated rings. The van der Waals surface area contributed by atoms with Gasteiger partial charge in [0.1, 0.15) is 5.69 Å². The predicted molar refractivity (Wildman–Crippen MR) is 77.0 cm³/mol. The molecule has 0 atom stereocenters. The van der Waals surface area contributed by atoms with E-state index in [4.69, 9.17) is 5.84 Å². The Hall–Kier alpha value is -1.74. The van der Waals surface area contributed by atoms with Crippen LogP contribution < -0.4 is 16.6 Å². The number of nitrogens with one attached hydrogen (secondary N) is 2. The lowest BCUT2D eigenvalue weighted by Crippen LogP contribution is -2.15. The summed E-state index contributed by atoms with van der Waals surface area (Å²) in [6.07, 6.45) is 2.75. The van der Waals surface area contributed by atoms with E-state index in [0.717, 1.165) is 3.57 Å². The number of nitrogens with zero attached hydrogens (tertiary/aromatic N) is 2. The summed E-state index contributed by atoms with van der Waals surface area (Å²) in [6, 6.07) is 7.46. The monoisotopic (exact) mass is 355 g/mol. The van der Waals surface area contributed by atoms with Gasteiger partial charge >= 0.3 is 0 Å². The number of hydrazine groups is 1. The second kappa shape index (κ2) is 5.74. The summed E-state index contributed by atoms with van der Waals surface area (Å²) in [5.74, 6) is 5.25. The van der Waals surface area contributed by atoms with E-state index in [2.05, 4.69) is 43.3 Å². The lowest BCUT2D eigenvalue weighted by atomic mass is 10.3. The van der Waals surface area contributed by atoms with Crippen molar-refractivity contribution in [3.8, 4) is 0 Å². The van der Waals surface area contributed by atoms with Gasteiger partial charge in [-0.25, -0.2) is 15.8 Å². The summed E-state index contributed by atoms with van der Waals surface area (Å²) in [4.78, 5) is 19.7. The highest BCUT2D eigenvalue weighted by molar-refractivity contribution is 14.1. The van der Waals surface area contributed by atoms with Crippen molar-refractivity contribution in [2.24, 2.45) is 5.84 Å². The second-order valence-corrected chi connectivity index (χ2v) is 4.64. The van der Waals surface area contributed by atoms with Crippen LogP contribution in [0.4, 0.5) is 11.5 Å². The van der Waals surface area contributed by atoms with Gasteiger partial charge in [0.25, 0.3) is 5.91 Å². The van der Waals surface area contributed by atoms with Crippen molar-refractivity contribution in [3.63, 3.8) is 0 Å². The number of rotatable bonds is 3. The van der Waals surface area contributed by atoms with Gasteiger partial charge in [0.2, 0.25) is 0 Å². The van der Waals surface area contributed by atoms with Crippen molar-refractivity contribution in [2.45, 2.75) is 0 Å². The van der Waals surface area contributed by atoms with Crippen LogP contribution in [0.25, 0.3) is 0 Å². The number of nitrogens with two attached hydrogens (primary N) is 1. The minimum atomic E-state index is -0.313. The molecule has 1 aromatic heterocycles. The number of amides is 1. The van der Waals surface area contributed by atoms with Crippen molar-refractivity contribution in [2.75, 3.05) is 10.7 Å². The molecule has 0 bridgehead atoms. The van der Waals surface area contributed by atoms with Crippen LogP contribution in [0.1, 0.15) is 10.5 Å². The molecule has 1 aromatic carbocycles. The number of nitrogen functional groups attached to an aromatic ring is 1. The van der Waals surface area contributed by atoms with Crippen LogP contribution in [0, 0.1) is 3.57 Å². The number of hydrogen-bond acceptors (Lipinski definition) is 5. The summed E-state index contributed by atoms with van der Waals surface area (Å²) in [5.41, 5.74) is 3.28. The highest BCUT2D eigenvalue weighted by atomic mass is 127. The summed E-state index contributed by atoms with van der Waals surface area (Å²) in [5, 5.41) is 2.73. The van der Waals surface area contributed by atoms with Gasteiger partial charge in [-0.1, -0.05) is 0 Å². The van der Waals surface area contributed by atoms with Crippen LogP contribution >= 0.6 is 22.6 Å². The van der Waals surface area contributed by atoms with Crippen LogP contribution in [0.5, 0.6) is 0 Å². The largest absolute Gasteiger partial charge is 0.321 e. The maximum Gasteiger partial charge on any atom is 0.275 e. The Morgan fingerprint density at radius 2 is 1.89 bits per heavy atom. The van der Waals surface area contributed by atoms with Crippen molar-refractivity contribution in [1.82, 2.24) is 9.97 Å². The molecule has 18 heavy (non-hydrogen) atoms. The van der Waals surface area contributed by atoms with Crippen LogP contribution in [-0.4, -0.2) is 15.9 Å². The van der Waals surface area contributed by atoms with Crippen LogP contribution in [0.3, 0.4) is 0 Å². The van der Waals surface area contributed by atoms with Crippen molar-refractivity contribution in [1.29, 1.82) is 0 Å². The van der Waals surface area contributed by atoms with E-state index in [1.807, 2.05) is 24.3 Å². The molecular formula is C11H10IN5O. The molecule has 0 unspecified atom stereocenters. The van der Waals surface area contributed by atoms with Gasteiger partial charge < -0.3 is 10.7 Å². The van der Waals surface area contributed by atoms with Gasteiger partial charge in [0.15, 0.2) is 5.82 Å². The summed E-state index contributed by atoms with van der Waals surface area (Å²) >= 11 is 2.20. The summed E-state index contributed by atoms with van der Waals surface area (Å²) in [7, 11) is 0. The fourth-order valence-electron chi connectivity index (χ4n) is 1.25. The van der Waals surface area contributed by atoms with Crippen molar-refractivity contribution >= 4 is 40.0 Å². The number of hydrogen-bond donors (Lipinski definition) is 3. The Labute approximate surface area is 117 Å². The first-order valence-corrected chi connectivity index (χ1v) is 6.12. The number of carbonyl (C=O) groups is 1. The fraction of sp³-hybridized carbons (Fsp3) is 0. The lowest BCUT2D eigenvalue weighted by Gasteiger charge is -2.05. The number of benzene rings is 1. The zero-order chi connectivity index (χ0) is 13.0. The molecule has 0 aliphatic carbocycles. The zero-order valence-electron chi connectivity index (χ0n) is 9.22. The molecule has 1 amide bonds. The molecule has 2 aromatic rings. The maximum atomic E-state index is 11.8. The standard InChI is InChI=1S/C11H10IN5O/c12-7-1-3-8(4-2-7)16-11(18)9-5-15-10(17-13)6-14-9/h1-6H,13H2,(H,15,17)(H,16,18). The van der Waals surface area contributed by atoms with Crippen molar-refractivity contribution < 1.29 is 4.79 Å². The van der Waals surface area contributed by atoms with Gasteiger partial charge in [-0.2, -0.15) is 0 Å². The van der Waals surface area contributed by atoms with Crippen LogP contribution in [0.2, 0.25) is 0 Å². The molecule has 4 N–H and O–H groups in total. The molecule has 0 aliphatic heterocycles. The van der Waals surface area contributed by atoms with Gasteiger partial charge in [-0.3, -0.25) is 4.79 Å². The Balaban J connectivity index is 2.09.